The first kappa shape index (κ1) is 14.6. The summed E-state index contributed by atoms with van der Waals surface area (Å²) in [5.74, 6) is 0.169. The molecule has 0 saturated carbocycles. The summed E-state index contributed by atoms with van der Waals surface area (Å²) >= 11 is 5.18. The Morgan fingerprint density at radius 2 is 2.10 bits per heavy atom. The molecule has 0 radical (unpaired) electrons. The molecule has 6 heteroatoms. The van der Waals surface area contributed by atoms with E-state index in [1.165, 1.54) is 0 Å². The number of fused-ring (bicyclic) bond motifs is 1. The van der Waals surface area contributed by atoms with Gasteiger partial charge in [-0.05, 0) is 36.7 Å². The standard InChI is InChI=1S/C14H19N3O2S/c1-16(2)14(20)15-10-7-9-5-4-6-13(19)17(3)11(9)8-12(10)18/h7-8,18H,4-6H2,1-3H3,(H,15,20). The van der Waals surface area contributed by atoms with Gasteiger partial charge in [0.1, 0.15) is 5.75 Å². The van der Waals surface area contributed by atoms with E-state index in [1.54, 1.807) is 22.9 Å². The summed E-state index contributed by atoms with van der Waals surface area (Å²) in [7, 11) is 5.41. The summed E-state index contributed by atoms with van der Waals surface area (Å²) in [5.41, 5.74) is 2.39. The predicted molar refractivity (Wildman–Crippen MR) is 84.4 cm³/mol. The van der Waals surface area contributed by atoms with E-state index in [0.717, 1.165) is 24.1 Å². The van der Waals surface area contributed by atoms with Crippen LogP contribution < -0.4 is 10.2 Å². The number of phenolic OH excluding ortho intramolecular Hbond substituents is 1. The Hall–Kier alpha value is -1.82. The van der Waals surface area contributed by atoms with Crippen LogP contribution in [0.1, 0.15) is 18.4 Å². The molecule has 1 aromatic rings. The van der Waals surface area contributed by atoms with Crippen molar-refractivity contribution in [2.45, 2.75) is 19.3 Å². The van der Waals surface area contributed by atoms with E-state index in [4.69, 9.17) is 12.2 Å². The number of carbonyl (C=O) groups excluding carboxylic acids is 1. The summed E-state index contributed by atoms with van der Waals surface area (Å²) in [4.78, 5) is 15.2. The van der Waals surface area contributed by atoms with Gasteiger partial charge in [-0.2, -0.15) is 0 Å². The third-order valence-electron chi connectivity index (χ3n) is 3.42. The van der Waals surface area contributed by atoms with Gasteiger partial charge in [0.25, 0.3) is 0 Å². The Labute approximate surface area is 124 Å². The fourth-order valence-corrected chi connectivity index (χ4v) is 2.30. The molecule has 1 aliphatic rings. The smallest absolute Gasteiger partial charge is 0.226 e. The maximum atomic E-state index is 11.8. The zero-order chi connectivity index (χ0) is 14.9. The van der Waals surface area contributed by atoms with Gasteiger partial charge in [0.15, 0.2) is 5.11 Å². The van der Waals surface area contributed by atoms with Crippen LogP contribution in [0, 0.1) is 0 Å². The van der Waals surface area contributed by atoms with E-state index in [9.17, 15) is 9.90 Å². The monoisotopic (exact) mass is 293 g/mol. The minimum absolute atomic E-state index is 0.0765. The molecule has 0 aromatic heterocycles. The maximum absolute atomic E-state index is 11.8. The van der Waals surface area contributed by atoms with Gasteiger partial charge in [-0.15, -0.1) is 0 Å². The first-order valence-corrected chi connectivity index (χ1v) is 6.91. The molecule has 0 bridgehead atoms. The van der Waals surface area contributed by atoms with Gasteiger partial charge < -0.3 is 20.2 Å². The normalized spacial score (nSPS) is 14.6. The van der Waals surface area contributed by atoms with Gasteiger partial charge in [-0.1, -0.05) is 0 Å². The van der Waals surface area contributed by atoms with E-state index in [1.807, 2.05) is 20.2 Å². The van der Waals surface area contributed by atoms with Crippen LogP contribution in [0.5, 0.6) is 5.75 Å². The van der Waals surface area contributed by atoms with E-state index in [2.05, 4.69) is 5.32 Å². The van der Waals surface area contributed by atoms with Crippen LogP contribution in [0.2, 0.25) is 0 Å². The second kappa shape index (κ2) is 5.66. The van der Waals surface area contributed by atoms with Gasteiger partial charge in [0.05, 0.1) is 11.4 Å². The SMILES string of the molecule is CN(C)C(=S)Nc1cc2c(cc1O)N(C)C(=O)CCC2. The van der Waals surface area contributed by atoms with Crippen LogP contribution in [0.25, 0.3) is 0 Å². The Morgan fingerprint density at radius 3 is 2.75 bits per heavy atom. The highest BCUT2D eigenvalue weighted by molar-refractivity contribution is 7.80. The molecule has 0 aliphatic carbocycles. The summed E-state index contributed by atoms with van der Waals surface area (Å²) < 4.78 is 0. The molecule has 0 atom stereocenters. The van der Waals surface area contributed by atoms with Crippen molar-refractivity contribution in [1.82, 2.24) is 4.90 Å². The third kappa shape index (κ3) is 2.85. The highest BCUT2D eigenvalue weighted by Crippen LogP contribution is 2.35. The molecule has 0 unspecified atom stereocenters. The van der Waals surface area contributed by atoms with Gasteiger partial charge in [0, 0.05) is 33.6 Å². The van der Waals surface area contributed by atoms with Crippen LogP contribution >= 0.6 is 12.2 Å². The number of rotatable bonds is 1. The first-order valence-electron chi connectivity index (χ1n) is 6.51. The number of aryl methyl sites for hydroxylation is 1. The number of phenols is 1. The number of aromatic hydroxyl groups is 1. The number of carbonyl (C=O) groups is 1. The third-order valence-corrected chi connectivity index (χ3v) is 3.88. The van der Waals surface area contributed by atoms with Gasteiger partial charge >= 0.3 is 0 Å². The highest BCUT2D eigenvalue weighted by Gasteiger charge is 2.21. The van der Waals surface area contributed by atoms with Crippen LogP contribution in [0.15, 0.2) is 12.1 Å². The van der Waals surface area contributed by atoms with Crippen LogP contribution in [0.3, 0.4) is 0 Å². The van der Waals surface area contributed by atoms with Crippen molar-refractivity contribution in [2.75, 3.05) is 31.4 Å². The number of benzene rings is 1. The van der Waals surface area contributed by atoms with E-state index in [0.29, 0.717) is 17.2 Å². The molecule has 0 fully saturated rings. The zero-order valence-corrected chi connectivity index (χ0v) is 12.8. The molecule has 1 amide bonds. The highest BCUT2D eigenvalue weighted by atomic mass is 32.1. The molecule has 108 valence electrons. The Morgan fingerprint density at radius 1 is 1.40 bits per heavy atom. The van der Waals surface area contributed by atoms with Crippen LogP contribution in [-0.4, -0.2) is 42.2 Å². The molecule has 1 aliphatic heterocycles. The fraction of sp³-hybridized carbons (Fsp3) is 0.429. The molecule has 0 spiro atoms. The molecule has 2 N–H and O–H groups in total. The van der Waals surface area contributed by atoms with Gasteiger partial charge in [-0.25, -0.2) is 0 Å². The lowest BCUT2D eigenvalue weighted by atomic mass is 10.1. The second-order valence-corrected chi connectivity index (χ2v) is 5.52. The van der Waals surface area contributed by atoms with Crippen molar-refractivity contribution in [2.24, 2.45) is 0 Å². The summed E-state index contributed by atoms with van der Waals surface area (Å²) in [6.45, 7) is 0. The second-order valence-electron chi connectivity index (χ2n) is 5.13. The number of hydrogen-bond donors (Lipinski definition) is 2. The van der Waals surface area contributed by atoms with E-state index < -0.39 is 0 Å². The van der Waals surface area contributed by atoms with E-state index in [-0.39, 0.29) is 11.7 Å². The van der Waals surface area contributed by atoms with Crippen molar-refractivity contribution >= 4 is 34.6 Å². The maximum Gasteiger partial charge on any atom is 0.226 e. The Kier molecular flexibility index (Phi) is 4.13. The first-order chi connectivity index (χ1) is 9.40. The average molecular weight is 293 g/mol. The lowest BCUT2D eigenvalue weighted by Crippen LogP contribution is -2.27. The molecule has 5 nitrogen and oxygen atoms in total. The van der Waals surface area contributed by atoms with Crippen molar-refractivity contribution in [3.8, 4) is 5.75 Å². The summed E-state index contributed by atoms with van der Waals surface area (Å²) in [6.07, 6.45) is 2.17. The van der Waals surface area contributed by atoms with Crippen molar-refractivity contribution in [3.05, 3.63) is 17.7 Å². The number of nitrogens with one attached hydrogen (secondary N) is 1. The molecule has 2 rings (SSSR count). The van der Waals surface area contributed by atoms with Gasteiger partial charge in [0.2, 0.25) is 5.91 Å². The fourth-order valence-electron chi connectivity index (χ4n) is 2.19. The molecule has 1 aromatic carbocycles. The van der Waals surface area contributed by atoms with Crippen molar-refractivity contribution < 1.29 is 9.90 Å². The summed E-state index contributed by atoms with van der Waals surface area (Å²) in [6, 6.07) is 3.49. The largest absolute Gasteiger partial charge is 0.506 e. The number of thiocarbonyl (C=S) groups is 1. The van der Waals surface area contributed by atoms with Crippen LogP contribution in [0.4, 0.5) is 11.4 Å². The number of amides is 1. The minimum Gasteiger partial charge on any atom is -0.506 e. The molecule has 1 heterocycles. The molecule has 0 saturated heterocycles. The predicted octanol–water partition coefficient (Wildman–Crippen LogP) is 1.95. The lowest BCUT2D eigenvalue weighted by molar-refractivity contribution is -0.118. The molecular formula is C14H19N3O2S. The molecular weight excluding hydrogens is 274 g/mol. The Bertz CT molecular complexity index is 558. The van der Waals surface area contributed by atoms with Crippen molar-refractivity contribution in [1.29, 1.82) is 0 Å². The van der Waals surface area contributed by atoms with Crippen LogP contribution in [-0.2, 0) is 11.2 Å². The average Bonchev–Trinajstić information content (AvgIpc) is 2.52. The Balaban J connectivity index is 2.37. The van der Waals surface area contributed by atoms with Gasteiger partial charge in [-0.3, -0.25) is 4.79 Å². The van der Waals surface area contributed by atoms with E-state index >= 15 is 0 Å². The lowest BCUT2D eigenvalue weighted by Gasteiger charge is -2.21. The molecule has 20 heavy (non-hydrogen) atoms. The minimum atomic E-state index is 0.0765. The summed E-state index contributed by atoms with van der Waals surface area (Å²) in [5, 5.41) is 13.7. The number of nitrogens with zero attached hydrogens (tertiary/aromatic N) is 2. The zero-order valence-electron chi connectivity index (χ0n) is 11.9. The quantitative estimate of drug-likeness (QED) is 0.612. The number of hydrogen-bond acceptors (Lipinski definition) is 3. The van der Waals surface area contributed by atoms with Crippen molar-refractivity contribution in [3.63, 3.8) is 0 Å². The topological polar surface area (TPSA) is 55.8 Å². The number of anilines is 2.